The summed E-state index contributed by atoms with van der Waals surface area (Å²) in [5, 5.41) is 0.557. The normalized spacial score (nSPS) is 15.0. The van der Waals surface area contributed by atoms with Crippen LogP contribution in [0.4, 0.5) is 13.2 Å². The maximum atomic E-state index is 15.7. The minimum Gasteiger partial charge on any atom is -0.490 e. The Balaban J connectivity index is 1.46. The number of fused-ring (bicyclic) bond motifs is 1. The van der Waals surface area contributed by atoms with Crippen molar-refractivity contribution in [3.8, 4) is 22.9 Å². The quantitative estimate of drug-likeness (QED) is 0.181. The molecule has 6 nitrogen and oxygen atoms in total. The van der Waals surface area contributed by atoms with Gasteiger partial charge in [-0.15, -0.1) is 0 Å². The molecule has 5 rings (SSSR count). The molecule has 43 heavy (non-hydrogen) atoms. The third-order valence-electron chi connectivity index (χ3n) is 7.87. The molecule has 1 aromatic heterocycles. The number of esters is 1. The van der Waals surface area contributed by atoms with E-state index in [-0.39, 0.29) is 36.2 Å². The summed E-state index contributed by atoms with van der Waals surface area (Å²) >= 11 is 6.03. The Labute approximate surface area is 253 Å². The van der Waals surface area contributed by atoms with Crippen molar-refractivity contribution < 1.29 is 32.2 Å². The Hall–Kier alpha value is -3.72. The molecule has 0 saturated heterocycles. The lowest BCUT2D eigenvalue weighted by Crippen LogP contribution is -2.39. The van der Waals surface area contributed by atoms with E-state index in [0.29, 0.717) is 27.4 Å². The molecule has 0 radical (unpaired) electrons. The van der Waals surface area contributed by atoms with E-state index in [1.54, 1.807) is 31.2 Å². The highest BCUT2D eigenvalue weighted by Crippen LogP contribution is 2.41. The van der Waals surface area contributed by atoms with Gasteiger partial charge < -0.3 is 19.2 Å². The minimum absolute atomic E-state index is 0.0139. The molecular formula is C33H34ClF3N2O4. The number of H-pyrrole nitrogens is 1. The summed E-state index contributed by atoms with van der Waals surface area (Å²) < 4.78 is 62.6. The summed E-state index contributed by atoms with van der Waals surface area (Å²) in [5.74, 6) is -3.36. The summed E-state index contributed by atoms with van der Waals surface area (Å²) in [4.78, 5) is 20.0. The number of benzene rings is 3. The molecule has 1 aliphatic carbocycles. The molecule has 1 saturated carbocycles. The van der Waals surface area contributed by atoms with Crippen LogP contribution in [0.5, 0.6) is 11.5 Å². The molecule has 0 bridgehead atoms. The third-order valence-corrected chi connectivity index (χ3v) is 8.13. The van der Waals surface area contributed by atoms with Gasteiger partial charge in [0.2, 0.25) is 0 Å². The SMILES string of the molecule is CCOC(=O)C(C)(C)Oc1ccc(OCC(c2c(F)c(F)cc3[nH]c(-c4ccc(Cl)cc4)nc23)C2CCCCC2)c(F)c1. The molecule has 1 heterocycles. The number of aromatic nitrogens is 2. The topological polar surface area (TPSA) is 73.4 Å². The average molecular weight is 615 g/mol. The standard InChI is InChI=1S/C33H34ClF3N2O4/c1-4-41-32(40)33(2,3)43-22-14-15-27(24(35)16-22)42-18-23(19-8-6-5-7-9-19)28-29(37)25(36)17-26-30(28)39-31(38-26)20-10-12-21(34)13-11-20/h10-17,19,23H,4-9,18H2,1-3H3,(H,38,39). The first-order valence-corrected chi connectivity index (χ1v) is 14.9. The van der Waals surface area contributed by atoms with E-state index in [4.69, 9.17) is 25.8 Å². The number of halogens is 4. The van der Waals surface area contributed by atoms with Gasteiger partial charge >= 0.3 is 5.97 Å². The second kappa shape index (κ2) is 12.9. The van der Waals surface area contributed by atoms with Crippen LogP contribution < -0.4 is 9.47 Å². The van der Waals surface area contributed by atoms with E-state index in [1.807, 2.05) is 0 Å². The van der Waals surface area contributed by atoms with Crippen molar-refractivity contribution >= 4 is 28.6 Å². The second-order valence-electron chi connectivity index (χ2n) is 11.3. The van der Waals surface area contributed by atoms with Gasteiger partial charge in [0.25, 0.3) is 0 Å². The first-order valence-electron chi connectivity index (χ1n) is 14.5. The predicted octanol–water partition coefficient (Wildman–Crippen LogP) is 8.76. The number of nitrogens with one attached hydrogen (secondary N) is 1. The highest BCUT2D eigenvalue weighted by Gasteiger charge is 2.34. The van der Waals surface area contributed by atoms with E-state index in [1.165, 1.54) is 26.0 Å². The fourth-order valence-electron chi connectivity index (χ4n) is 5.68. The van der Waals surface area contributed by atoms with Crippen LogP contribution in [-0.4, -0.2) is 34.8 Å². The Kier molecular flexibility index (Phi) is 9.20. The Morgan fingerprint density at radius 1 is 1.05 bits per heavy atom. The molecule has 1 fully saturated rings. The smallest absolute Gasteiger partial charge is 0.349 e. The maximum Gasteiger partial charge on any atom is 0.349 e. The first kappa shape index (κ1) is 30.7. The summed E-state index contributed by atoms with van der Waals surface area (Å²) in [6.45, 7) is 4.85. The largest absolute Gasteiger partial charge is 0.490 e. The van der Waals surface area contributed by atoms with Crippen molar-refractivity contribution in [3.63, 3.8) is 0 Å². The third kappa shape index (κ3) is 6.77. The number of hydrogen-bond donors (Lipinski definition) is 1. The summed E-state index contributed by atoms with van der Waals surface area (Å²) in [6, 6.07) is 12.1. The van der Waals surface area contributed by atoms with Gasteiger partial charge in [0, 0.05) is 34.2 Å². The molecule has 0 amide bonds. The first-order chi connectivity index (χ1) is 20.6. The van der Waals surface area contributed by atoms with Crippen LogP contribution in [0, 0.1) is 23.4 Å². The molecule has 4 aromatic rings. The summed E-state index contributed by atoms with van der Waals surface area (Å²) in [6.07, 6.45) is 4.58. The lowest BCUT2D eigenvalue weighted by molar-refractivity contribution is -0.158. The highest BCUT2D eigenvalue weighted by molar-refractivity contribution is 6.30. The molecule has 10 heteroatoms. The van der Waals surface area contributed by atoms with Crippen molar-refractivity contribution in [2.75, 3.05) is 13.2 Å². The number of imidazole rings is 1. The average Bonchev–Trinajstić information content (AvgIpc) is 3.40. The van der Waals surface area contributed by atoms with Gasteiger partial charge in [-0.2, -0.15) is 0 Å². The van der Waals surface area contributed by atoms with Crippen molar-refractivity contribution in [2.45, 2.75) is 64.4 Å². The number of carbonyl (C=O) groups excluding carboxylic acids is 1. The van der Waals surface area contributed by atoms with Gasteiger partial charge in [0.05, 0.1) is 24.2 Å². The molecule has 1 atom stereocenters. The van der Waals surface area contributed by atoms with Gasteiger partial charge in [-0.25, -0.2) is 22.9 Å². The fraction of sp³-hybridized carbons (Fsp3) is 0.394. The number of nitrogens with zero attached hydrogens (tertiary/aromatic N) is 1. The van der Waals surface area contributed by atoms with Crippen molar-refractivity contribution in [3.05, 3.63) is 76.6 Å². The number of carbonyl (C=O) groups is 1. The predicted molar refractivity (Wildman–Crippen MR) is 159 cm³/mol. The van der Waals surface area contributed by atoms with Crippen LogP contribution in [0.2, 0.25) is 5.02 Å². The second-order valence-corrected chi connectivity index (χ2v) is 11.8. The maximum absolute atomic E-state index is 15.7. The zero-order chi connectivity index (χ0) is 30.7. The van der Waals surface area contributed by atoms with E-state index in [9.17, 15) is 4.79 Å². The van der Waals surface area contributed by atoms with Crippen LogP contribution in [-0.2, 0) is 9.53 Å². The van der Waals surface area contributed by atoms with Crippen LogP contribution in [0.1, 0.15) is 64.4 Å². The Morgan fingerprint density at radius 2 is 1.77 bits per heavy atom. The number of hydrogen-bond acceptors (Lipinski definition) is 5. The van der Waals surface area contributed by atoms with E-state index < -0.39 is 34.9 Å². The van der Waals surface area contributed by atoms with Crippen LogP contribution in [0.25, 0.3) is 22.4 Å². The zero-order valence-electron chi connectivity index (χ0n) is 24.3. The lowest BCUT2D eigenvalue weighted by atomic mass is 9.76. The van der Waals surface area contributed by atoms with Gasteiger partial charge in [-0.1, -0.05) is 30.9 Å². The van der Waals surface area contributed by atoms with Gasteiger partial charge in [-0.3, -0.25) is 0 Å². The van der Waals surface area contributed by atoms with E-state index in [0.717, 1.165) is 44.2 Å². The van der Waals surface area contributed by atoms with Crippen LogP contribution in [0.15, 0.2) is 48.5 Å². The molecule has 0 spiro atoms. The number of aromatic amines is 1. The zero-order valence-corrected chi connectivity index (χ0v) is 25.1. The minimum atomic E-state index is -1.33. The molecule has 1 unspecified atom stereocenters. The van der Waals surface area contributed by atoms with Gasteiger partial charge in [0.1, 0.15) is 11.6 Å². The van der Waals surface area contributed by atoms with Gasteiger partial charge in [0.15, 0.2) is 28.8 Å². The number of ether oxygens (including phenoxy) is 3. The van der Waals surface area contributed by atoms with Crippen LogP contribution in [0.3, 0.4) is 0 Å². The molecule has 0 aliphatic heterocycles. The molecular weight excluding hydrogens is 581 g/mol. The molecule has 228 valence electrons. The summed E-state index contributed by atoms with van der Waals surface area (Å²) in [5.41, 5.74) is 0.180. The van der Waals surface area contributed by atoms with E-state index in [2.05, 4.69) is 9.97 Å². The van der Waals surface area contributed by atoms with Crippen molar-refractivity contribution in [1.82, 2.24) is 9.97 Å². The summed E-state index contributed by atoms with van der Waals surface area (Å²) in [7, 11) is 0. The lowest BCUT2D eigenvalue weighted by Gasteiger charge is -2.31. The van der Waals surface area contributed by atoms with Gasteiger partial charge in [-0.05, 0) is 75.9 Å². The van der Waals surface area contributed by atoms with Crippen molar-refractivity contribution in [1.29, 1.82) is 0 Å². The molecule has 3 aromatic carbocycles. The fourth-order valence-corrected chi connectivity index (χ4v) is 5.80. The van der Waals surface area contributed by atoms with Crippen LogP contribution >= 0.6 is 11.6 Å². The molecule has 1 aliphatic rings. The molecule has 1 N–H and O–H groups in total. The monoisotopic (exact) mass is 614 g/mol. The highest BCUT2D eigenvalue weighted by atomic mass is 35.5. The van der Waals surface area contributed by atoms with E-state index >= 15 is 13.2 Å². The Morgan fingerprint density at radius 3 is 2.44 bits per heavy atom. The Bertz CT molecular complexity index is 1600. The van der Waals surface area contributed by atoms with Crippen molar-refractivity contribution in [2.24, 2.45) is 5.92 Å². The number of rotatable bonds is 10.